The third kappa shape index (κ3) is 2.81. The summed E-state index contributed by atoms with van der Waals surface area (Å²) < 4.78 is 13.3. The zero-order valence-electron chi connectivity index (χ0n) is 9.28. The maximum Gasteiger partial charge on any atom is 0.321 e. The SMILES string of the molecule is O=C1CCN(C(=O)Nc2ccccc2F)CC1. The van der Waals surface area contributed by atoms with Crippen molar-refractivity contribution in [1.29, 1.82) is 0 Å². The highest BCUT2D eigenvalue weighted by atomic mass is 19.1. The second-order valence-corrected chi connectivity index (χ2v) is 3.94. The quantitative estimate of drug-likeness (QED) is 0.811. The molecule has 2 amide bonds. The molecule has 1 aliphatic heterocycles. The molecule has 0 aromatic heterocycles. The molecule has 1 saturated heterocycles. The number of carbonyl (C=O) groups is 2. The van der Waals surface area contributed by atoms with Crippen molar-refractivity contribution < 1.29 is 14.0 Å². The molecule has 1 aromatic carbocycles. The monoisotopic (exact) mass is 236 g/mol. The molecule has 0 atom stereocenters. The maximum atomic E-state index is 13.3. The molecule has 0 saturated carbocycles. The van der Waals surface area contributed by atoms with Crippen molar-refractivity contribution in [1.82, 2.24) is 4.90 Å². The van der Waals surface area contributed by atoms with Gasteiger partial charge in [0, 0.05) is 25.9 Å². The molecule has 0 bridgehead atoms. The molecule has 0 aliphatic carbocycles. The number of para-hydroxylation sites is 1. The minimum atomic E-state index is -0.464. The molecule has 1 N–H and O–H groups in total. The van der Waals surface area contributed by atoms with Gasteiger partial charge in [0.2, 0.25) is 0 Å². The molecule has 1 aromatic rings. The number of benzene rings is 1. The second kappa shape index (κ2) is 4.95. The molecule has 5 heteroatoms. The van der Waals surface area contributed by atoms with Gasteiger partial charge in [-0.3, -0.25) is 4.79 Å². The Morgan fingerprint density at radius 1 is 1.24 bits per heavy atom. The van der Waals surface area contributed by atoms with Gasteiger partial charge in [0.1, 0.15) is 11.6 Å². The van der Waals surface area contributed by atoms with E-state index in [4.69, 9.17) is 0 Å². The molecule has 4 nitrogen and oxygen atoms in total. The fraction of sp³-hybridized carbons (Fsp3) is 0.333. The number of halogens is 1. The van der Waals surface area contributed by atoms with Crippen LogP contribution in [0, 0.1) is 5.82 Å². The minimum Gasteiger partial charge on any atom is -0.324 e. The van der Waals surface area contributed by atoms with Crippen molar-refractivity contribution in [2.24, 2.45) is 0 Å². The van der Waals surface area contributed by atoms with E-state index in [1.165, 1.54) is 17.0 Å². The number of ketones is 1. The van der Waals surface area contributed by atoms with Crippen LogP contribution in [-0.2, 0) is 4.79 Å². The Hall–Kier alpha value is -1.91. The number of Topliss-reactive ketones (excluding diaryl/α,β-unsaturated/α-hetero) is 1. The summed E-state index contributed by atoms with van der Waals surface area (Å²) in [5.41, 5.74) is 0.161. The summed E-state index contributed by atoms with van der Waals surface area (Å²) in [4.78, 5) is 24.3. The first kappa shape index (κ1) is 11.6. The van der Waals surface area contributed by atoms with Gasteiger partial charge in [-0.2, -0.15) is 0 Å². The Labute approximate surface area is 98.4 Å². The fourth-order valence-corrected chi connectivity index (χ4v) is 1.72. The number of hydrogen-bond donors (Lipinski definition) is 1. The lowest BCUT2D eigenvalue weighted by atomic mass is 10.1. The lowest BCUT2D eigenvalue weighted by Crippen LogP contribution is -2.41. The summed E-state index contributed by atoms with van der Waals surface area (Å²) in [5.74, 6) is -0.297. The van der Waals surface area contributed by atoms with Crippen LogP contribution in [0.25, 0.3) is 0 Å². The summed E-state index contributed by atoms with van der Waals surface area (Å²) >= 11 is 0. The number of rotatable bonds is 1. The van der Waals surface area contributed by atoms with E-state index in [0.29, 0.717) is 25.9 Å². The molecule has 0 radical (unpaired) electrons. The van der Waals surface area contributed by atoms with Crippen molar-refractivity contribution in [3.05, 3.63) is 30.1 Å². The molecule has 0 unspecified atom stereocenters. The van der Waals surface area contributed by atoms with Gasteiger partial charge in [0.05, 0.1) is 5.69 Å². The van der Waals surface area contributed by atoms with Crippen LogP contribution in [0.3, 0.4) is 0 Å². The summed E-state index contributed by atoms with van der Waals surface area (Å²) in [6.07, 6.45) is 0.759. The lowest BCUT2D eigenvalue weighted by molar-refractivity contribution is -0.120. The largest absolute Gasteiger partial charge is 0.324 e. The molecule has 90 valence electrons. The Balaban J connectivity index is 1.98. The van der Waals surface area contributed by atoms with Gasteiger partial charge in [0.15, 0.2) is 0 Å². The average molecular weight is 236 g/mol. The number of amides is 2. The van der Waals surface area contributed by atoms with Crippen molar-refractivity contribution in [3.63, 3.8) is 0 Å². The van der Waals surface area contributed by atoms with Gasteiger partial charge in [-0.15, -0.1) is 0 Å². The topological polar surface area (TPSA) is 49.4 Å². The van der Waals surface area contributed by atoms with Crippen LogP contribution in [0.4, 0.5) is 14.9 Å². The normalized spacial score (nSPS) is 15.8. The molecular weight excluding hydrogens is 223 g/mol. The molecule has 17 heavy (non-hydrogen) atoms. The summed E-state index contributed by atoms with van der Waals surface area (Å²) in [6, 6.07) is 5.64. The Morgan fingerprint density at radius 2 is 1.88 bits per heavy atom. The van der Waals surface area contributed by atoms with Crippen LogP contribution < -0.4 is 5.32 Å². The van der Waals surface area contributed by atoms with Crippen LogP contribution >= 0.6 is 0 Å². The molecule has 0 spiro atoms. The number of nitrogens with one attached hydrogen (secondary N) is 1. The predicted molar refractivity (Wildman–Crippen MR) is 61.2 cm³/mol. The second-order valence-electron chi connectivity index (χ2n) is 3.94. The van der Waals surface area contributed by atoms with Gasteiger partial charge in [-0.1, -0.05) is 12.1 Å². The van der Waals surface area contributed by atoms with E-state index in [0.717, 1.165) is 0 Å². The number of likely N-dealkylation sites (tertiary alicyclic amines) is 1. The van der Waals surface area contributed by atoms with Crippen LogP contribution in [0.15, 0.2) is 24.3 Å². The van der Waals surface area contributed by atoms with E-state index < -0.39 is 5.82 Å². The van der Waals surface area contributed by atoms with Gasteiger partial charge in [-0.05, 0) is 12.1 Å². The Kier molecular flexibility index (Phi) is 3.37. The van der Waals surface area contributed by atoms with Crippen molar-refractivity contribution in [2.75, 3.05) is 18.4 Å². The van der Waals surface area contributed by atoms with Crippen LogP contribution in [0.2, 0.25) is 0 Å². The fourth-order valence-electron chi connectivity index (χ4n) is 1.72. The lowest BCUT2D eigenvalue weighted by Gasteiger charge is -2.26. The van der Waals surface area contributed by atoms with Gasteiger partial charge < -0.3 is 10.2 Å². The Bertz CT molecular complexity index is 438. The number of urea groups is 1. The first-order valence-electron chi connectivity index (χ1n) is 5.49. The molecule has 1 heterocycles. The third-order valence-electron chi connectivity index (χ3n) is 2.72. The third-order valence-corrected chi connectivity index (χ3v) is 2.72. The number of nitrogens with zero attached hydrogens (tertiary/aromatic N) is 1. The van der Waals surface area contributed by atoms with Crippen molar-refractivity contribution in [3.8, 4) is 0 Å². The van der Waals surface area contributed by atoms with E-state index >= 15 is 0 Å². The summed E-state index contributed by atoms with van der Waals surface area (Å²) in [6.45, 7) is 0.804. The van der Waals surface area contributed by atoms with Crippen molar-refractivity contribution in [2.45, 2.75) is 12.8 Å². The average Bonchev–Trinajstić information content (AvgIpc) is 2.33. The maximum absolute atomic E-state index is 13.3. The molecule has 2 rings (SSSR count). The minimum absolute atomic E-state index is 0.161. The smallest absolute Gasteiger partial charge is 0.321 e. The van der Waals surface area contributed by atoms with E-state index in [1.54, 1.807) is 12.1 Å². The summed E-state index contributed by atoms with van der Waals surface area (Å²) in [7, 11) is 0. The summed E-state index contributed by atoms with van der Waals surface area (Å²) in [5, 5.41) is 2.50. The highest BCUT2D eigenvalue weighted by Gasteiger charge is 2.21. The zero-order valence-corrected chi connectivity index (χ0v) is 9.28. The van der Waals surface area contributed by atoms with E-state index in [1.807, 2.05) is 0 Å². The molecule has 1 fully saturated rings. The van der Waals surface area contributed by atoms with Crippen LogP contribution in [-0.4, -0.2) is 29.8 Å². The molecule has 1 aliphatic rings. The van der Waals surface area contributed by atoms with Crippen molar-refractivity contribution >= 4 is 17.5 Å². The van der Waals surface area contributed by atoms with Gasteiger partial charge >= 0.3 is 6.03 Å². The first-order chi connectivity index (χ1) is 8.16. The number of anilines is 1. The van der Waals surface area contributed by atoms with E-state index in [-0.39, 0.29) is 17.5 Å². The number of carbonyl (C=O) groups excluding carboxylic acids is 2. The van der Waals surface area contributed by atoms with Crippen LogP contribution in [0.5, 0.6) is 0 Å². The Morgan fingerprint density at radius 3 is 2.53 bits per heavy atom. The van der Waals surface area contributed by atoms with E-state index in [9.17, 15) is 14.0 Å². The van der Waals surface area contributed by atoms with E-state index in [2.05, 4.69) is 5.32 Å². The molecular formula is C12H13FN2O2. The standard InChI is InChI=1S/C12H13FN2O2/c13-10-3-1-2-4-11(10)14-12(17)15-7-5-9(16)6-8-15/h1-4H,5-8H2,(H,14,17). The predicted octanol–water partition coefficient (Wildman–Crippen LogP) is 2.02. The number of hydrogen-bond acceptors (Lipinski definition) is 2. The number of piperidine rings is 1. The highest BCUT2D eigenvalue weighted by Crippen LogP contribution is 2.14. The first-order valence-corrected chi connectivity index (χ1v) is 5.49. The van der Waals surface area contributed by atoms with Gasteiger partial charge in [-0.25, -0.2) is 9.18 Å². The highest BCUT2D eigenvalue weighted by molar-refractivity contribution is 5.91. The zero-order chi connectivity index (χ0) is 12.3. The van der Waals surface area contributed by atoms with Gasteiger partial charge in [0.25, 0.3) is 0 Å². The van der Waals surface area contributed by atoms with Crippen LogP contribution in [0.1, 0.15) is 12.8 Å².